The molecule has 27 heavy (non-hydrogen) atoms. The summed E-state index contributed by atoms with van der Waals surface area (Å²) < 4.78 is 6.05. The van der Waals surface area contributed by atoms with Crippen LogP contribution in [0.25, 0.3) is 54.6 Å². The van der Waals surface area contributed by atoms with Crippen molar-refractivity contribution >= 4 is 43.5 Å². The van der Waals surface area contributed by atoms with Gasteiger partial charge in [0.15, 0.2) is 0 Å². The molecule has 0 unspecified atom stereocenters. The minimum absolute atomic E-state index is 0.944. The Balaban J connectivity index is 1.68. The zero-order valence-electron chi connectivity index (χ0n) is 14.6. The van der Waals surface area contributed by atoms with Gasteiger partial charge in [0, 0.05) is 10.8 Å². The summed E-state index contributed by atoms with van der Waals surface area (Å²) in [6, 6.07) is 34.3. The average molecular weight is 344 g/mol. The Labute approximate surface area is 156 Å². The molecule has 0 aliphatic carbocycles. The lowest BCUT2D eigenvalue weighted by atomic mass is 9.95. The molecule has 0 aliphatic rings. The second-order valence-corrected chi connectivity index (χ2v) is 7.00. The summed E-state index contributed by atoms with van der Waals surface area (Å²) in [6.07, 6.45) is 0. The lowest BCUT2D eigenvalue weighted by Crippen LogP contribution is -1.82. The molecular weight excluding hydrogens is 328 g/mol. The Kier molecular flexibility index (Phi) is 2.95. The van der Waals surface area contributed by atoms with E-state index in [2.05, 4.69) is 84.9 Å². The van der Waals surface area contributed by atoms with Crippen LogP contribution in [0, 0.1) is 0 Å². The van der Waals surface area contributed by atoms with Crippen LogP contribution in [0.2, 0.25) is 0 Å². The fourth-order valence-electron chi connectivity index (χ4n) is 4.18. The van der Waals surface area contributed by atoms with Crippen molar-refractivity contribution in [1.82, 2.24) is 0 Å². The predicted molar refractivity (Wildman–Crippen MR) is 114 cm³/mol. The summed E-state index contributed by atoms with van der Waals surface area (Å²) in [5.41, 5.74) is 4.39. The van der Waals surface area contributed by atoms with Gasteiger partial charge in [0.1, 0.15) is 11.2 Å². The summed E-state index contributed by atoms with van der Waals surface area (Å²) in [5.74, 6) is 0. The van der Waals surface area contributed by atoms with E-state index in [1.165, 1.54) is 43.4 Å². The summed E-state index contributed by atoms with van der Waals surface area (Å²) in [7, 11) is 0. The van der Waals surface area contributed by atoms with Crippen molar-refractivity contribution in [3.05, 3.63) is 97.1 Å². The first-order valence-electron chi connectivity index (χ1n) is 9.21. The lowest BCUT2D eigenvalue weighted by Gasteiger charge is -2.08. The molecular formula is C26H16O. The van der Waals surface area contributed by atoms with Crippen molar-refractivity contribution < 1.29 is 4.42 Å². The Morgan fingerprint density at radius 1 is 0.444 bits per heavy atom. The van der Waals surface area contributed by atoms with Gasteiger partial charge in [0.25, 0.3) is 0 Å². The van der Waals surface area contributed by atoms with Crippen LogP contribution in [0.5, 0.6) is 0 Å². The first kappa shape index (κ1) is 14.6. The molecule has 126 valence electrons. The molecule has 0 aliphatic heterocycles. The number of fused-ring (bicyclic) bond motifs is 7. The van der Waals surface area contributed by atoms with Gasteiger partial charge in [0.2, 0.25) is 0 Å². The van der Waals surface area contributed by atoms with Gasteiger partial charge < -0.3 is 4.42 Å². The molecule has 0 spiro atoms. The molecule has 5 aromatic carbocycles. The van der Waals surface area contributed by atoms with E-state index in [9.17, 15) is 0 Å². The standard InChI is InChI=1S/C26H16O/c1-2-6-17(7-3-1)18-10-12-20-19(16-18)11-13-22-21(20)14-15-25-26(22)23-8-4-5-9-24(23)27-25/h1-16H. The first-order chi connectivity index (χ1) is 13.4. The van der Waals surface area contributed by atoms with Gasteiger partial charge in [-0.3, -0.25) is 0 Å². The molecule has 0 fully saturated rings. The van der Waals surface area contributed by atoms with E-state index in [0.29, 0.717) is 0 Å². The molecule has 0 saturated heterocycles. The van der Waals surface area contributed by atoms with Gasteiger partial charge in [-0.15, -0.1) is 0 Å². The van der Waals surface area contributed by atoms with Crippen molar-refractivity contribution in [2.24, 2.45) is 0 Å². The van der Waals surface area contributed by atoms with Gasteiger partial charge in [-0.25, -0.2) is 0 Å². The van der Waals surface area contributed by atoms with Gasteiger partial charge in [-0.05, 0) is 50.9 Å². The largest absolute Gasteiger partial charge is 0.456 e. The van der Waals surface area contributed by atoms with Crippen LogP contribution in [0.4, 0.5) is 0 Å². The zero-order valence-corrected chi connectivity index (χ0v) is 14.6. The fraction of sp³-hybridized carbons (Fsp3) is 0. The van der Waals surface area contributed by atoms with Crippen LogP contribution < -0.4 is 0 Å². The molecule has 0 N–H and O–H groups in total. The number of benzene rings is 5. The quantitative estimate of drug-likeness (QED) is 0.280. The highest BCUT2D eigenvalue weighted by Gasteiger charge is 2.11. The summed E-state index contributed by atoms with van der Waals surface area (Å²) in [5, 5.41) is 7.44. The second-order valence-electron chi connectivity index (χ2n) is 7.00. The maximum Gasteiger partial charge on any atom is 0.136 e. The van der Waals surface area contributed by atoms with E-state index in [1.807, 2.05) is 12.1 Å². The number of hydrogen-bond acceptors (Lipinski definition) is 1. The SMILES string of the molecule is c1ccc(-c2ccc3c(ccc4c3ccc3oc5ccccc5c34)c2)cc1. The monoisotopic (exact) mass is 344 g/mol. The first-order valence-corrected chi connectivity index (χ1v) is 9.21. The lowest BCUT2D eigenvalue weighted by molar-refractivity contribution is 0.669. The minimum Gasteiger partial charge on any atom is -0.456 e. The van der Waals surface area contributed by atoms with Crippen LogP contribution in [-0.2, 0) is 0 Å². The molecule has 0 saturated carbocycles. The van der Waals surface area contributed by atoms with E-state index in [1.54, 1.807) is 0 Å². The number of para-hydroxylation sites is 1. The molecule has 0 bridgehead atoms. The number of furan rings is 1. The Morgan fingerprint density at radius 2 is 1.22 bits per heavy atom. The molecule has 1 heterocycles. The Hall–Kier alpha value is -3.58. The summed E-state index contributed by atoms with van der Waals surface area (Å²) >= 11 is 0. The van der Waals surface area contributed by atoms with E-state index in [4.69, 9.17) is 4.42 Å². The van der Waals surface area contributed by atoms with Crippen LogP contribution >= 0.6 is 0 Å². The van der Waals surface area contributed by atoms with Crippen molar-refractivity contribution in [2.45, 2.75) is 0 Å². The van der Waals surface area contributed by atoms with Crippen LogP contribution in [0.15, 0.2) is 101 Å². The molecule has 1 aromatic heterocycles. The van der Waals surface area contributed by atoms with Gasteiger partial charge >= 0.3 is 0 Å². The van der Waals surface area contributed by atoms with Crippen molar-refractivity contribution in [1.29, 1.82) is 0 Å². The van der Waals surface area contributed by atoms with Gasteiger partial charge in [0.05, 0.1) is 0 Å². The smallest absolute Gasteiger partial charge is 0.136 e. The molecule has 0 atom stereocenters. The van der Waals surface area contributed by atoms with E-state index < -0.39 is 0 Å². The molecule has 0 amide bonds. The predicted octanol–water partition coefficient (Wildman–Crippen LogP) is 7.56. The van der Waals surface area contributed by atoms with Crippen molar-refractivity contribution in [2.75, 3.05) is 0 Å². The third kappa shape index (κ3) is 2.12. The maximum atomic E-state index is 6.05. The van der Waals surface area contributed by atoms with E-state index in [-0.39, 0.29) is 0 Å². The number of rotatable bonds is 1. The van der Waals surface area contributed by atoms with E-state index >= 15 is 0 Å². The highest BCUT2D eigenvalue weighted by molar-refractivity contribution is 6.23. The highest BCUT2D eigenvalue weighted by atomic mass is 16.3. The summed E-state index contributed by atoms with van der Waals surface area (Å²) in [6.45, 7) is 0. The zero-order chi connectivity index (χ0) is 17.8. The van der Waals surface area contributed by atoms with Crippen molar-refractivity contribution in [3.63, 3.8) is 0 Å². The van der Waals surface area contributed by atoms with Crippen LogP contribution in [0.3, 0.4) is 0 Å². The third-order valence-corrected chi connectivity index (χ3v) is 5.46. The normalized spacial score (nSPS) is 11.7. The minimum atomic E-state index is 0.944. The average Bonchev–Trinajstić information content (AvgIpc) is 3.12. The molecule has 0 radical (unpaired) electrons. The number of hydrogen-bond donors (Lipinski definition) is 0. The van der Waals surface area contributed by atoms with Crippen LogP contribution in [0.1, 0.15) is 0 Å². The fourth-order valence-corrected chi connectivity index (χ4v) is 4.18. The highest BCUT2D eigenvalue weighted by Crippen LogP contribution is 2.37. The topological polar surface area (TPSA) is 13.1 Å². The van der Waals surface area contributed by atoms with Crippen LogP contribution in [-0.4, -0.2) is 0 Å². The molecule has 1 nitrogen and oxygen atoms in total. The van der Waals surface area contributed by atoms with E-state index in [0.717, 1.165) is 11.2 Å². The second kappa shape index (κ2) is 5.46. The molecule has 6 rings (SSSR count). The van der Waals surface area contributed by atoms with Crippen molar-refractivity contribution in [3.8, 4) is 11.1 Å². The Bertz CT molecular complexity index is 1460. The maximum absolute atomic E-state index is 6.05. The third-order valence-electron chi connectivity index (χ3n) is 5.46. The summed E-state index contributed by atoms with van der Waals surface area (Å²) in [4.78, 5) is 0. The molecule has 6 aromatic rings. The Morgan fingerprint density at radius 3 is 2.15 bits per heavy atom. The van der Waals surface area contributed by atoms with Gasteiger partial charge in [-0.2, -0.15) is 0 Å². The van der Waals surface area contributed by atoms with Gasteiger partial charge in [-0.1, -0.05) is 78.9 Å². The molecule has 1 heteroatoms.